The lowest BCUT2D eigenvalue weighted by Gasteiger charge is -2.11. The average Bonchev–Trinajstić information content (AvgIpc) is 3.00. The van der Waals surface area contributed by atoms with Crippen molar-refractivity contribution in [1.82, 2.24) is 10.6 Å². The fourth-order valence-corrected chi connectivity index (χ4v) is 4.02. The number of guanidine groups is 1. The van der Waals surface area contributed by atoms with Gasteiger partial charge < -0.3 is 10.6 Å². The number of hydrogen-bond acceptors (Lipinski definition) is 4. The van der Waals surface area contributed by atoms with Gasteiger partial charge in [-0.15, -0.1) is 11.3 Å². The maximum atomic E-state index is 11.3. The molecule has 0 aliphatic carbocycles. The number of hydrogen-bond donors (Lipinski definition) is 3. The van der Waals surface area contributed by atoms with E-state index in [-0.39, 0.29) is 4.21 Å². The number of primary sulfonamides is 1. The lowest BCUT2D eigenvalue weighted by molar-refractivity contribution is 0.600. The highest BCUT2D eigenvalue weighted by molar-refractivity contribution is 7.91. The summed E-state index contributed by atoms with van der Waals surface area (Å²) >= 11 is 1.16. The second kappa shape index (κ2) is 8.46. The summed E-state index contributed by atoms with van der Waals surface area (Å²) in [4.78, 5) is 5.48. The van der Waals surface area contributed by atoms with Gasteiger partial charge in [0.25, 0.3) is 0 Å². The topological polar surface area (TPSA) is 96.6 Å². The van der Waals surface area contributed by atoms with E-state index >= 15 is 0 Å². The molecule has 0 atom stereocenters. The Morgan fingerprint density at radius 2 is 1.96 bits per heavy atom. The number of nitrogens with two attached hydrogens (primary N) is 1. The molecule has 0 saturated heterocycles. The molecule has 0 aliphatic heterocycles. The summed E-state index contributed by atoms with van der Waals surface area (Å²) in [6.07, 6.45) is 0. The van der Waals surface area contributed by atoms with Gasteiger partial charge in [0.2, 0.25) is 10.0 Å². The summed E-state index contributed by atoms with van der Waals surface area (Å²) in [5.74, 6) is 0.688. The van der Waals surface area contributed by atoms with E-state index in [1.54, 1.807) is 6.07 Å². The number of aliphatic imine (C=N–C) groups is 1. The third-order valence-corrected chi connectivity index (χ3v) is 6.12. The third-order valence-electron chi connectivity index (χ3n) is 3.60. The molecule has 1 aromatic heterocycles. The number of nitrogens with zero attached hydrogens (tertiary/aromatic N) is 1. The summed E-state index contributed by atoms with van der Waals surface area (Å²) in [6.45, 7) is 7.96. The van der Waals surface area contributed by atoms with Gasteiger partial charge in [-0.05, 0) is 44.0 Å². The van der Waals surface area contributed by atoms with Crippen LogP contribution in [0.2, 0.25) is 0 Å². The Morgan fingerprint density at radius 3 is 2.56 bits per heavy atom. The number of nitrogens with one attached hydrogen (secondary N) is 2. The van der Waals surface area contributed by atoms with Crippen LogP contribution >= 0.6 is 11.3 Å². The standard InChI is InChI=1S/C17H24N4O2S2/c1-4-19-17(20-10-14-6-5-12(2)9-13(14)3)21-11-15-7-8-16(24-15)25(18,22)23/h5-9H,4,10-11H2,1-3H3,(H2,18,22,23)(H2,19,20,21). The molecule has 2 aromatic rings. The van der Waals surface area contributed by atoms with Crippen LogP contribution < -0.4 is 15.8 Å². The van der Waals surface area contributed by atoms with Gasteiger partial charge in [-0.25, -0.2) is 18.5 Å². The lowest BCUT2D eigenvalue weighted by atomic mass is 10.1. The van der Waals surface area contributed by atoms with Gasteiger partial charge >= 0.3 is 0 Å². The summed E-state index contributed by atoms with van der Waals surface area (Å²) in [5, 5.41) is 11.5. The van der Waals surface area contributed by atoms with E-state index < -0.39 is 10.0 Å². The summed E-state index contributed by atoms with van der Waals surface area (Å²) < 4.78 is 22.8. The molecule has 8 heteroatoms. The maximum Gasteiger partial charge on any atom is 0.247 e. The van der Waals surface area contributed by atoms with Crippen LogP contribution in [-0.4, -0.2) is 20.9 Å². The number of thiophene rings is 1. The van der Waals surface area contributed by atoms with Gasteiger partial charge in [-0.1, -0.05) is 23.8 Å². The van der Waals surface area contributed by atoms with E-state index in [0.29, 0.717) is 19.0 Å². The predicted octanol–water partition coefficient (Wildman–Crippen LogP) is 2.27. The summed E-state index contributed by atoms with van der Waals surface area (Å²) in [5.41, 5.74) is 3.63. The fourth-order valence-electron chi connectivity index (χ4n) is 2.31. The molecule has 6 nitrogen and oxygen atoms in total. The minimum Gasteiger partial charge on any atom is -0.357 e. The molecule has 25 heavy (non-hydrogen) atoms. The van der Waals surface area contributed by atoms with E-state index in [9.17, 15) is 8.42 Å². The number of rotatable bonds is 6. The first kappa shape index (κ1) is 19.4. The summed E-state index contributed by atoms with van der Waals surface area (Å²) in [6, 6.07) is 9.60. The highest BCUT2D eigenvalue weighted by Gasteiger charge is 2.11. The van der Waals surface area contributed by atoms with Crippen molar-refractivity contribution in [3.8, 4) is 0 Å². The third kappa shape index (κ3) is 5.84. The van der Waals surface area contributed by atoms with Crippen LogP contribution in [0.15, 0.2) is 39.5 Å². The first-order valence-electron chi connectivity index (χ1n) is 7.99. The van der Waals surface area contributed by atoms with Crippen molar-refractivity contribution in [3.05, 3.63) is 51.9 Å². The van der Waals surface area contributed by atoms with Crippen molar-refractivity contribution in [2.45, 2.75) is 38.1 Å². The van der Waals surface area contributed by atoms with Gasteiger partial charge in [0, 0.05) is 11.4 Å². The molecular formula is C17H24N4O2S2. The van der Waals surface area contributed by atoms with Crippen molar-refractivity contribution < 1.29 is 8.42 Å². The molecule has 0 fully saturated rings. The zero-order valence-corrected chi connectivity index (χ0v) is 16.3. The predicted molar refractivity (Wildman–Crippen MR) is 103 cm³/mol. The minimum absolute atomic E-state index is 0.168. The van der Waals surface area contributed by atoms with Gasteiger partial charge in [-0.3, -0.25) is 0 Å². The Bertz CT molecular complexity index is 857. The number of sulfonamides is 1. The van der Waals surface area contributed by atoms with Crippen LogP contribution in [0.3, 0.4) is 0 Å². The normalized spacial score (nSPS) is 12.2. The van der Waals surface area contributed by atoms with E-state index in [2.05, 4.69) is 47.7 Å². The molecule has 1 heterocycles. The Morgan fingerprint density at radius 1 is 1.20 bits per heavy atom. The van der Waals surface area contributed by atoms with Gasteiger partial charge in [0.05, 0.1) is 13.1 Å². The van der Waals surface area contributed by atoms with Gasteiger partial charge in [0.1, 0.15) is 4.21 Å². The van der Waals surface area contributed by atoms with E-state index in [4.69, 9.17) is 5.14 Å². The summed E-state index contributed by atoms with van der Waals surface area (Å²) in [7, 11) is -3.64. The second-order valence-electron chi connectivity index (χ2n) is 5.74. The fraction of sp³-hybridized carbons (Fsp3) is 0.353. The smallest absolute Gasteiger partial charge is 0.247 e. The average molecular weight is 381 g/mol. The van der Waals surface area contributed by atoms with Gasteiger partial charge in [-0.2, -0.15) is 0 Å². The largest absolute Gasteiger partial charge is 0.357 e. The van der Waals surface area contributed by atoms with Crippen molar-refractivity contribution >= 4 is 27.3 Å². The second-order valence-corrected chi connectivity index (χ2v) is 8.70. The van der Waals surface area contributed by atoms with Crippen LogP contribution in [0, 0.1) is 13.8 Å². The SMILES string of the molecule is CCNC(=NCc1ccc(C)cc1C)NCc1ccc(S(N)(=O)=O)s1. The molecule has 0 radical (unpaired) electrons. The Labute approximate surface area is 153 Å². The molecule has 0 unspecified atom stereocenters. The zero-order valence-electron chi connectivity index (χ0n) is 14.7. The molecule has 4 N–H and O–H groups in total. The van der Waals surface area contributed by atoms with E-state index in [1.807, 2.05) is 6.92 Å². The monoisotopic (exact) mass is 380 g/mol. The van der Waals surface area contributed by atoms with Crippen LogP contribution in [0.4, 0.5) is 0 Å². The Hall–Kier alpha value is -1.90. The maximum absolute atomic E-state index is 11.3. The molecule has 0 aliphatic rings. The van der Waals surface area contributed by atoms with Crippen molar-refractivity contribution in [1.29, 1.82) is 0 Å². The highest BCUT2D eigenvalue weighted by Crippen LogP contribution is 2.20. The Kier molecular flexibility index (Phi) is 6.57. The molecule has 0 spiro atoms. The molecule has 0 saturated carbocycles. The number of aryl methyl sites for hydroxylation is 2. The first-order chi connectivity index (χ1) is 11.8. The molecule has 136 valence electrons. The van der Waals surface area contributed by atoms with Gasteiger partial charge in [0.15, 0.2) is 5.96 Å². The van der Waals surface area contributed by atoms with Crippen LogP contribution in [0.5, 0.6) is 0 Å². The van der Waals surface area contributed by atoms with Crippen LogP contribution in [-0.2, 0) is 23.1 Å². The molecular weight excluding hydrogens is 356 g/mol. The van der Waals surface area contributed by atoms with E-state index in [1.165, 1.54) is 22.8 Å². The zero-order chi connectivity index (χ0) is 18.4. The quantitative estimate of drug-likeness (QED) is 0.529. The molecule has 0 amide bonds. The number of benzene rings is 1. The Balaban J connectivity index is 2.03. The first-order valence-corrected chi connectivity index (χ1v) is 10.4. The van der Waals surface area contributed by atoms with E-state index in [0.717, 1.165) is 22.8 Å². The minimum atomic E-state index is -3.64. The van der Waals surface area contributed by atoms with Crippen molar-refractivity contribution in [2.24, 2.45) is 10.1 Å². The van der Waals surface area contributed by atoms with Crippen LogP contribution in [0.25, 0.3) is 0 Å². The van der Waals surface area contributed by atoms with Crippen molar-refractivity contribution in [2.75, 3.05) is 6.54 Å². The highest BCUT2D eigenvalue weighted by atomic mass is 32.2. The molecule has 2 rings (SSSR count). The van der Waals surface area contributed by atoms with Crippen LogP contribution in [0.1, 0.15) is 28.5 Å². The van der Waals surface area contributed by atoms with Crippen molar-refractivity contribution in [3.63, 3.8) is 0 Å². The lowest BCUT2D eigenvalue weighted by Crippen LogP contribution is -2.36. The molecule has 0 bridgehead atoms. The molecule has 1 aromatic carbocycles.